The Morgan fingerprint density at radius 3 is 2.88 bits per heavy atom. The highest BCUT2D eigenvalue weighted by molar-refractivity contribution is 5.40. The van der Waals surface area contributed by atoms with Crippen LogP contribution in [0, 0.1) is 0 Å². The molecule has 1 aromatic carbocycles. The van der Waals surface area contributed by atoms with Crippen LogP contribution in [0.1, 0.15) is 30.6 Å². The lowest BCUT2D eigenvalue weighted by atomic mass is 9.98. The van der Waals surface area contributed by atoms with Gasteiger partial charge in [0, 0.05) is 12.0 Å². The van der Waals surface area contributed by atoms with E-state index in [-0.39, 0.29) is 12.4 Å². The lowest BCUT2D eigenvalue weighted by Crippen LogP contribution is -2.26. The van der Waals surface area contributed by atoms with Crippen LogP contribution in [0.2, 0.25) is 0 Å². The molecule has 0 amide bonds. The maximum absolute atomic E-state index is 9.98. The summed E-state index contributed by atoms with van der Waals surface area (Å²) in [5, 5.41) is 29.1. The van der Waals surface area contributed by atoms with Gasteiger partial charge in [0.2, 0.25) is 0 Å². The molecule has 88 valence electrons. The maximum Gasteiger partial charge on any atom is 0.121 e. The molecule has 16 heavy (non-hydrogen) atoms. The third-order valence-corrected chi connectivity index (χ3v) is 2.98. The van der Waals surface area contributed by atoms with Crippen LogP contribution in [0.4, 0.5) is 0 Å². The van der Waals surface area contributed by atoms with Crippen LogP contribution in [0.5, 0.6) is 5.75 Å². The number of aliphatic hydroxyl groups excluding tert-OH is 2. The number of ether oxygens (including phenoxy) is 1. The van der Waals surface area contributed by atoms with E-state index < -0.39 is 18.3 Å². The van der Waals surface area contributed by atoms with Gasteiger partial charge in [-0.15, -0.1) is 0 Å². The van der Waals surface area contributed by atoms with Crippen LogP contribution in [-0.2, 0) is 11.3 Å². The van der Waals surface area contributed by atoms with Gasteiger partial charge in [0.05, 0.1) is 24.9 Å². The van der Waals surface area contributed by atoms with Crippen LogP contribution in [0.25, 0.3) is 0 Å². The van der Waals surface area contributed by atoms with Crippen molar-refractivity contribution in [3.63, 3.8) is 0 Å². The predicted molar refractivity (Wildman–Crippen MR) is 57.9 cm³/mol. The number of aliphatic hydroxyl groups is 2. The number of phenolic OH excluding ortho intramolecular Hbond substituents is 1. The second-order valence-electron chi connectivity index (χ2n) is 4.19. The molecule has 0 spiro atoms. The Bertz CT molecular complexity index is 375. The average Bonchev–Trinajstić information content (AvgIpc) is 2.40. The number of aromatic hydroxyl groups is 1. The van der Waals surface area contributed by atoms with Gasteiger partial charge in [-0.1, -0.05) is 12.1 Å². The van der Waals surface area contributed by atoms with Crippen LogP contribution >= 0.6 is 0 Å². The van der Waals surface area contributed by atoms with Crippen molar-refractivity contribution in [2.24, 2.45) is 0 Å². The molecule has 3 atom stereocenters. The van der Waals surface area contributed by atoms with Gasteiger partial charge in [0.1, 0.15) is 5.75 Å². The number of benzene rings is 1. The zero-order valence-corrected chi connectivity index (χ0v) is 9.13. The van der Waals surface area contributed by atoms with Crippen molar-refractivity contribution in [3.8, 4) is 5.75 Å². The third kappa shape index (κ3) is 2.04. The van der Waals surface area contributed by atoms with E-state index in [9.17, 15) is 15.3 Å². The van der Waals surface area contributed by atoms with Crippen molar-refractivity contribution in [3.05, 3.63) is 29.3 Å². The highest BCUT2D eigenvalue weighted by Gasteiger charge is 2.27. The Morgan fingerprint density at radius 1 is 1.44 bits per heavy atom. The summed E-state index contributed by atoms with van der Waals surface area (Å²) >= 11 is 0. The first-order valence-electron chi connectivity index (χ1n) is 5.38. The molecule has 1 aliphatic rings. The van der Waals surface area contributed by atoms with Gasteiger partial charge >= 0.3 is 0 Å². The molecule has 1 heterocycles. The molecule has 4 heteroatoms. The molecule has 0 fully saturated rings. The van der Waals surface area contributed by atoms with E-state index in [2.05, 4.69) is 0 Å². The molecule has 4 nitrogen and oxygen atoms in total. The topological polar surface area (TPSA) is 69.9 Å². The highest BCUT2D eigenvalue weighted by atomic mass is 16.5. The molecule has 1 aliphatic heterocycles. The van der Waals surface area contributed by atoms with Crippen molar-refractivity contribution in [2.45, 2.75) is 38.3 Å². The van der Waals surface area contributed by atoms with Crippen LogP contribution in [0.15, 0.2) is 18.2 Å². The van der Waals surface area contributed by atoms with Gasteiger partial charge in [-0.3, -0.25) is 0 Å². The average molecular weight is 224 g/mol. The quantitative estimate of drug-likeness (QED) is 0.668. The van der Waals surface area contributed by atoms with E-state index in [1.54, 1.807) is 25.1 Å². The molecule has 2 rings (SSSR count). The zero-order chi connectivity index (χ0) is 11.7. The normalized spacial score (nSPS) is 26.9. The second kappa shape index (κ2) is 4.41. The van der Waals surface area contributed by atoms with Crippen molar-refractivity contribution < 1.29 is 20.1 Å². The molecule has 1 aromatic rings. The molecule has 0 radical (unpaired) electrons. The van der Waals surface area contributed by atoms with Crippen LogP contribution in [-0.4, -0.2) is 27.5 Å². The summed E-state index contributed by atoms with van der Waals surface area (Å²) in [6.45, 7) is 1.85. The Morgan fingerprint density at radius 2 is 2.19 bits per heavy atom. The smallest absolute Gasteiger partial charge is 0.121 e. The Hall–Kier alpha value is -1.10. The summed E-state index contributed by atoms with van der Waals surface area (Å²) < 4.78 is 5.47. The number of hydrogen-bond donors (Lipinski definition) is 3. The molecule has 3 N–H and O–H groups in total. The van der Waals surface area contributed by atoms with E-state index >= 15 is 0 Å². The largest absolute Gasteiger partial charge is 0.508 e. The van der Waals surface area contributed by atoms with Crippen LogP contribution < -0.4 is 0 Å². The standard InChI is InChI=1S/C12H16O4/c1-7(13)12-5-11(15)8-3-2-4-10(14)9(8)6-16-12/h2-4,7,11-15H,5-6H2,1H3. The van der Waals surface area contributed by atoms with Crippen LogP contribution in [0.3, 0.4) is 0 Å². The minimum Gasteiger partial charge on any atom is -0.508 e. The van der Waals surface area contributed by atoms with E-state index in [4.69, 9.17) is 4.74 Å². The Labute approximate surface area is 94.1 Å². The molecule has 3 unspecified atom stereocenters. The summed E-state index contributed by atoms with van der Waals surface area (Å²) in [6.07, 6.45) is -1.40. The van der Waals surface area contributed by atoms with Crippen molar-refractivity contribution in [1.82, 2.24) is 0 Å². The van der Waals surface area contributed by atoms with Gasteiger partial charge in [-0.2, -0.15) is 0 Å². The molecule has 0 aromatic heterocycles. The summed E-state index contributed by atoms with van der Waals surface area (Å²) in [5.74, 6) is 0.128. The predicted octanol–water partition coefficient (Wildman–Crippen LogP) is 1.10. The summed E-state index contributed by atoms with van der Waals surface area (Å²) in [6, 6.07) is 5.03. The lowest BCUT2D eigenvalue weighted by Gasteiger charge is -2.19. The molecule has 0 saturated carbocycles. The number of hydrogen-bond acceptors (Lipinski definition) is 4. The molecule has 0 bridgehead atoms. The minimum atomic E-state index is -0.704. The number of phenols is 1. The fraction of sp³-hybridized carbons (Fsp3) is 0.500. The fourth-order valence-corrected chi connectivity index (χ4v) is 2.00. The Balaban J connectivity index is 2.32. The van der Waals surface area contributed by atoms with E-state index in [1.807, 2.05) is 0 Å². The van der Waals surface area contributed by atoms with E-state index in [0.717, 1.165) is 0 Å². The van der Waals surface area contributed by atoms with Gasteiger partial charge in [-0.05, 0) is 18.6 Å². The van der Waals surface area contributed by atoms with Crippen molar-refractivity contribution >= 4 is 0 Å². The summed E-state index contributed by atoms with van der Waals surface area (Å²) in [4.78, 5) is 0. The fourth-order valence-electron chi connectivity index (χ4n) is 2.00. The van der Waals surface area contributed by atoms with Crippen molar-refractivity contribution in [2.75, 3.05) is 0 Å². The third-order valence-electron chi connectivity index (χ3n) is 2.98. The SMILES string of the molecule is CC(O)C1CC(O)c2cccc(O)c2CO1. The Kier molecular flexibility index (Phi) is 3.14. The first-order chi connectivity index (χ1) is 7.59. The molecular formula is C12H16O4. The first kappa shape index (κ1) is 11.4. The zero-order valence-electron chi connectivity index (χ0n) is 9.13. The van der Waals surface area contributed by atoms with Gasteiger partial charge < -0.3 is 20.1 Å². The monoisotopic (exact) mass is 224 g/mol. The molecule has 0 saturated heterocycles. The maximum atomic E-state index is 9.98. The summed E-state index contributed by atoms with van der Waals surface area (Å²) in [7, 11) is 0. The number of fused-ring (bicyclic) bond motifs is 1. The molecule has 0 aliphatic carbocycles. The highest BCUT2D eigenvalue weighted by Crippen LogP contribution is 2.33. The first-order valence-corrected chi connectivity index (χ1v) is 5.38. The van der Waals surface area contributed by atoms with Crippen molar-refractivity contribution in [1.29, 1.82) is 0 Å². The second-order valence-corrected chi connectivity index (χ2v) is 4.19. The van der Waals surface area contributed by atoms with Gasteiger partial charge in [0.25, 0.3) is 0 Å². The molecular weight excluding hydrogens is 208 g/mol. The van der Waals surface area contributed by atoms with E-state index in [1.165, 1.54) is 0 Å². The number of rotatable bonds is 1. The lowest BCUT2D eigenvalue weighted by molar-refractivity contribution is -0.0536. The van der Waals surface area contributed by atoms with E-state index in [0.29, 0.717) is 17.5 Å². The van der Waals surface area contributed by atoms with Gasteiger partial charge in [-0.25, -0.2) is 0 Å². The summed E-state index contributed by atoms with van der Waals surface area (Å²) in [5.41, 5.74) is 1.29. The van der Waals surface area contributed by atoms with Gasteiger partial charge in [0.15, 0.2) is 0 Å². The minimum absolute atomic E-state index is 0.128.